The molecule has 6 heteroatoms. The molecule has 0 bridgehead atoms. The first-order valence-corrected chi connectivity index (χ1v) is 39.4. The van der Waals surface area contributed by atoms with Gasteiger partial charge >= 0.3 is 0 Å². The molecule has 0 unspecified atom stereocenters. The van der Waals surface area contributed by atoms with E-state index in [1.807, 2.05) is 0 Å². The lowest BCUT2D eigenvalue weighted by Crippen LogP contribution is -2.61. The van der Waals surface area contributed by atoms with Gasteiger partial charge in [0.15, 0.2) is 0 Å². The molecule has 23 rings (SSSR count). The number of aromatic nitrogens is 3. The fourth-order valence-corrected chi connectivity index (χ4v) is 19.0. The van der Waals surface area contributed by atoms with Crippen molar-refractivity contribution in [3.05, 3.63) is 425 Å². The highest BCUT2D eigenvalue weighted by Gasteiger charge is 2.46. The second-order valence-corrected chi connectivity index (χ2v) is 30.2. The Morgan fingerprint density at radius 3 is 0.772 bits per heavy atom. The second-order valence-electron chi connectivity index (χ2n) is 30.2. The lowest BCUT2D eigenvalue weighted by molar-refractivity contribution is 1.15. The summed E-state index contributed by atoms with van der Waals surface area (Å²) in [4.78, 5) is 5.42. The van der Waals surface area contributed by atoms with Crippen molar-refractivity contribution in [1.82, 2.24) is 13.7 Å². The number of para-hydroxylation sites is 6. The van der Waals surface area contributed by atoms with Gasteiger partial charge in [0.05, 0.1) is 50.2 Å². The van der Waals surface area contributed by atoms with Crippen LogP contribution in [0.15, 0.2) is 425 Å². The fraction of sp³-hybridized carbons (Fsp3) is 0. The van der Waals surface area contributed by atoms with Crippen LogP contribution >= 0.6 is 0 Å². The topological polar surface area (TPSA) is 21.3 Å². The molecule has 5 nitrogen and oxygen atoms in total. The molecular weight excluding hydrogens is 1380 g/mol. The molecule has 2 aliphatic heterocycles. The van der Waals surface area contributed by atoms with Gasteiger partial charge in [0.2, 0.25) is 0 Å². The number of nitrogens with zero attached hydrogens (tertiary/aromatic N) is 5. The van der Waals surface area contributed by atoms with Crippen molar-refractivity contribution in [3.8, 4) is 95.0 Å². The van der Waals surface area contributed by atoms with Gasteiger partial charge in [-0.1, -0.05) is 322 Å². The Labute approximate surface area is 661 Å². The zero-order valence-electron chi connectivity index (χ0n) is 62.2. The van der Waals surface area contributed by atoms with Gasteiger partial charge < -0.3 is 23.5 Å². The van der Waals surface area contributed by atoms with Crippen LogP contribution in [0.3, 0.4) is 0 Å². The molecule has 0 fully saturated rings. The molecule has 530 valence electrons. The van der Waals surface area contributed by atoms with Crippen molar-refractivity contribution >= 4 is 123 Å². The SMILES string of the molecule is c1ccc(-c2cc(-c3ccccc3)c(N3c4cc(-c5ccc(-n6c7ccccc7c7ccccc76)cc5)ccc4B4c5ccc(-n6c7ccccc7c7ccccc76)cc5N(c5c(-c6ccccc6)cc(-c6ccccc6)cc5-c5ccccc5)c5cc(-n6c7ccccc7c7ccccc76)cc3c54)c(-c3ccccc3)c2)cc1. The number of hydrogen-bond donors (Lipinski definition) is 0. The molecule has 0 saturated carbocycles. The molecule has 5 heterocycles. The van der Waals surface area contributed by atoms with E-state index in [2.05, 4.69) is 448 Å². The maximum Gasteiger partial charge on any atom is 0.252 e. The quantitative estimate of drug-likeness (QED) is 0.114. The van der Waals surface area contributed by atoms with Gasteiger partial charge in [0.1, 0.15) is 0 Å². The molecule has 0 saturated heterocycles. The minimum atomic E-state index is -0.313. The van der Waals surface area contributed by atoms with E-state index in [-0.39, 0.29) is 6.71 Å². The second kappa shape index (κ2) is 26.4. The molecule has 18 aromatic carbocycles. The summed E-state index contributed by atoms with van der Waals surface area (Å²) in [6.07, 6.45) is 0. The Morgan fingerprint density at radius 2 is 0.421 bits per heavy atom. The van der Waals surface area contributed by atoms with Gasteiger partial charge in [-0.3, -0.25) is 0 Å². The van der Waals surface area contributed by atoms with Gasteiger partial charge in [0, 0.05) is 88.7 Å². The predicted molar refractivity (Wildman–Crippen MR) is 482 cm³/mol. The van der Waals surface area contributed by atoms with E-state index in [9.17, 15) is 0 Å². The van der Waals surface area contributed by atoms with Crippen molar-refractivity contribution in [1.29, 1.82) is 0 Å². The van der Waals surface area contributed by atoms with Crippen LogP contribution in [0.5, 0.6) is 0 Å². The van der Waals surface area contributed by atoms with Crippen molar-refractivity contribution < 1.29 is 0 Å². The van der Waals surface area contributed by atoms with Crippen LogP contribution in [0.4, 0.5) is 34.1 Å². The highest BCUT2D eigenvalue weighted by atomic mass is 15.2. The van der Waals surface area contributed by atoms with Crippen LogP contribution < -0.4 is 26.2 Å². The number of hydrogen-bond acceptors (Lipinski definition) is 2. The molecule has 114 heavy (non-hydrogen) atoms. The minimum absolute atomic E-state index is 0.313. The van der Waals surface area contributed by atoms with Crippen LogP contribution in [-0.2, 0) is 0 Å². The average molecular weight is 1450 g/mol. The summed E-state index contributed by atoms with van der Waals surface area (Å²) in [7, 11) is 0. The lowest BCUT2D eigenvalue weighted by atomic mass is 9.33. The number of benzene rings is 18. The largest absolute Gasteiger partial charge is 0.310 e. The minimum Gasteiger partial charge on any atom is -0.310 e. The summed E-state index contributed by atoms with van der Waals surface area (Å²) in [5.74, 6) is 0. The first-order valence-electron chi connectivity index (χ1n) is 39.4. The number of anilines is 6. The fourth-order valence-electron chi connectivity index (χ4n) is 19.0. The van der Waals surface area contributed by atoms with Gasteiger partial charge in [0.25, 0.3) is 6.71 Å². The summed E-state index contributed by atoms with van der Waals surface area (Å²) in [6, 6.07) is 159. The molecule has 0 amide bonds. The van der Waals surface area contributed by atoms with Gasteiger partial charge in [-0.2, -0.15) is 0 Å². The zero-order valence-corrected chi connectivity index (χ0v) is 62.2. The van der Waals surface area contributed by atoms with Gasteiger partial charge in [-0.05, 0) is 175 Å². The van der Waals surface area contributed by atoms with E-state index in [1.165, 1.54) is 59.7 Å². The summed E-state index contributed by atoms with van der Waals surface area (Å²) in [5.41, 5.74) is 35.8. The van der Waals surface area contributed by atoms with Crippen LogP contribution in [-0.4, -0.2) is 20.4 Å². The molecule has 0 N–H and O–H groups in total. The first kappa shape index (κ1) is 65.0. The summed E-state index contributed by atoms with van der Waals surface area (Å²) >= 11 is 0. The van der Waals surface area contributed by atoms with E-state index in [4.69, 9.17) is 0 Å². The Balaban J connectivity index is 0.891. The van der Waals surface area contributed by atoms with E-state index in [0.29, 0.717) is 0 Å². The molecule has 0 spiro atoms. The van der Waals surface area contributed by atoms with E-state index in [1.54, 1.807) is 0 Å². The van der Waals surface area contributed by atoms with Crippen LogP contribution in [0.1, 0.15) is 0 Å². The zero-order chi connectivity index (χ0) is 74.9. The maximum absolute atomic E-state index is 2.71. The van der Waals surface area contributed by atoms with E-state index >= 15 is 0 Å². The van der Waals surface area contributed by atoms with Crippen molar-refractivity contribution in [2.75, 3.05) is 9.80 Å². The third-order valence-corrected chi connectivity index (χ3v) is 24.0. The van der Waals surface area contributed by atoms with E-state index in [0.717, 1.165) is 151 Å². The number of rotatable bonds is 12. The van der Waals surface area contributed by atoms with Crippen LogP contribution in [0.2, 0.25) is 0 Å². The third-order valence-electron chi connectivity index (χ3n) is 24.0. The Hall–Kier alpha value is -15.0. The molecule has 0 aliphatic carbocycles. The van der Waals surface area contributed by atoms with Crippen molar-refractivity contribution in [2.45, 2.75) is 0 Å². The molecule has 21 aromatic rings. The third kappa shape index (κ3) is 10.3. The van der Waals surface area contributed by atoms with Gasteiger partial charge in [-0.15, -0.1) is 0 Å². The smallest absolute Gasteiger partial charge is 0.252 e. The van der Waals surface area contributed by atoms with E-state index < -0.39 is 0 Å². The van der Waals surface area contributed by atoms with Gasteiger partial charge in [-0.25, -0.2) is 0 Å². The summed E-state index contributed by atoms with van der Waals surface area (Å²) < 4.78 is 7.46. The standard InChI is InChI=1S/C108H70BN5/c1-7-31-71(32-8-1)79-63-90(74-35-11-3-12-36-74)107(91(64-79)75-37-13-4-14-38-75)113-102-67-78(73-55-58-81(59-56-73)110-96-49-25-19-43-84(96)85-44-20-26-50-97(85)110)57-61-94(102)109-95-62-60-82(111-98-51-27-21-45-86(98)87-46-22-28-52-99(87)111)68-103(95)114(105-70-83(69-104(113)106(105)109)112-100-53-29-23-47-88(100)89-48-24-30-54-101(89)112)108-92(76-39-15-5-16-40-76)65-80(72-33-9-2-10-34-72)66-93(108)77-41-17-6-18-42-77/h1-70H. The first-order chi connectivity index (χ1) is 56.6. The van der Waals surface area contributed by atoms with Crippen LogP contribution in [0.25, 0.3) is 160 Å². The number of fused-ring (bicyclic) bond motifs is 13. The monoisotopic (exact) mass is 1450 g/mol. The Morgan fingerprint density at radius 1 is 0.167 bits per heavy atom. The highest BCUT2D eigenvalue weighted by molar-refractivity contribution is 7.00. The van der Waals surface area contributed by atoms with Crippen LogP contribution in [0, 0.1) is 0 Å². The molecule has 0 radical (unpaired) electrons. The molecular formula is C108H70BN5. The molecule has 0 atom stereocenters. The summed E-state index contributed by atoms with van der Waals surface area (Å²) in [5, 5.41) is 7.28. The maximum atomic E-state index is 2.71. The highest BCUT2D eigenvalue weighted by Crippen LogP contribution is 2.56. The summed E-state index contributed by atoms with van der Waals surface area (Å²) in [6.45, 7) is -0.313. The Kier molecular flexibility index (Phi) is 15.0. The van der Waals surface area contributed by atoms with Crippen molar-refractivity contribution in [3.63, 3.8) is 0 Å². The molecule has 2 aliphatic rings. The predicted octanol–water partition coefficient (Wildman–Crippen LogP) is 26.7. The molecule has 3 aromatic heterocycles. The average Bonchev–Trinajstić information content (AvgIpc) is 0.738. The lowest BCUT2D eigenvalue weighted by Gasteiger charge is -2.46. The van der Waals surface area contributed by atoms with Crippen molar-refractivity contribution in [2.24, 2.45) is 0 Å². The normalized spacial score (nSPS) is 12.3. The Bertz CT molecular complexity index is 7110.